The normalized spacial score (nSPS) is 15.7. The van der Waals surface area contributed by atoms with Crippen molar-refractivity contribution >= 4 is 35.5 Å². The van der Waals surface area contributed by atoms with Crippen LogP contribution in [0.3, 0.4) is 0 Å². The van der Waals surface area contributed by atoms with Crippen molar-refractivity contribution in [2.24, 2.45) is 11.5 Å². The Labute approximate surface area is 317 Å². The Morgan fingerprint density at radius 1 is 0.655 bits per heavy atom. The van der Waals surface area contributed by atoms with E-state index in [4.69, 9.17) is 11.5 Å². The highest BCUT2D eigenvalue weighted by atomic mass is 16.4. The number of rotatable bonds is 16. The van der Waals surface area contributed by atoms with Crippen LogP contribution in [0.2, 0.25) is 0 Å². The monoisotopic (exact) mass is 748 g/mol. The van der Waals surface area contributed by atoms with Crippen LogP contribution in [0.5, 0.6) is 5.75 Å². The Kier molecular flexibility index (Phi) is 13.3. The number of carbonyl (C=O) groups is 6. The minimum Gasteiger partial charge on any atom is -0.508 e. The van der Waals surface area contributed by atoms with E-state index in [1.165, 1.54) is 17.0 Å². The summed E-state index contributed by atoms with van der Waals surface area (Å²) in [6.45, 7) is 0.0985. The topological polar surface area (TPSA) is 234 Å². The van der Waals surface area contributed by atoms with E-state index in [1.54, 1.807) is 72.8 Å². The van der Waals surface area contributed by atoms with Gasteiger partial charge in [0.25, 0.3) is 0 Å². The third-order valence-electron chi connectivity index (χ3n) is 9.39. The fourth-order valence-electron chi connectivity index (χ4n) is 6.51. The van der Waals surface area contributed by atoms with Gasteiger partial charge in [-0.25, -0.2) is 4.79 Å². The van der Waals surface area contributed by atoms with Gasteiger partial charge in [0.1, 0.15) is 29.9 Å². The first-order valence-electron chi connectivity index (χ1n) is 17.8. The van der Waals surface area contributed by atoms with Crippen molar-refractivity contribution in [3.8, 4) is 5.75 Å². The van der Waals surface area contributed by atoms with Gasteiger partial charge in [-0.3, -0.25) is 24.0 Å². The second-order valence-corrected chi connectivity index (χ2v) is 13.5. The number of fused-ring (bicyclic) bond motifs is 1. The van der Waals surface area contributed by atoms with Crippen molar-refractivity contribution in [2.75, 3.05) is 0 Å². The number of primary amides is 1. The van der Waals surface area contributed by atoms with Crippen molar-refractivity contribution in [2.45, 2.75) is 68.9 Å². The minimum atomic E-state index is -1.64. The van der Waals surface area contributed by atoms with Crippen molar-refractivity contribution in [1.82, 2.24) is 20.9 Å². The van der Waals surface area contributed by atoms with E-state index in [2.05, 4.69) is 16.0 Å². The largest absolute Gasteiger partial charge is 0.508 e. The first kappa shape index (κ1) is 39.7. The Balaban J connectivity index is 1.41. The number of benzene rings is 4. The molecule has 14 heteroatoms. The van der Waals surface area contributed by atoms with E-state index in [0.29, 0.717) is 11.1 Å². The van der Waals surface area contributed by atoms with Crippen molar-refractivity contribution in [3.05, 3.63) is 137 Å². The number of hydrogen-bond acceptors (Lipinski definition) is 8. The number of carbonyl (C=O) groups excluding carboxylic acids is 5. The summed E-state index contributed by atoms with van der Waals surface area (Å²) in [5, 5.41) is 27.2. The highest BCUT2D eigenvalue weighted by Crippen LogP contribution is 2.25. The molecule has 5 rings (SSSR count). The molecular formula is C41H44N6O8. The zero-order valence-corrected chi connectivity index (χ0v) is 30.0. The molecule has 4 unspecified atom stereocenters. The smallest absolute Gasteiger partial charge is 0.326 e. The van der Waals surface area contributed by atoms with Gasteiger partial charge in [-0.15, -0.1) is 0 Å². The molecule has 5 amide bonds. The number of carboxylic acids is 1. The summed E-state index contributed by atoms with van der Waals surface area (Å²) in [6.07, 6.45) is -0.409. The molecule has 4 aromatic carbocycles. The molecule has 1 heterocycles. The van der Waals surface area contributed by atoms with Gasteiger partial charge in [-0.2, -0.15) is 0 Å². The average molecular weight is 749 g/mol. The second kappa shape index (κ2) is 18.5. The van der Waals surface area contributed by atoms with Gasteiger partial charge >= 0.3 is 5.97 Å². The van der Waals surface area contributed by atoms with Crippen LogP contribution in [-0.2, 0) is 61.0 Å². The van der Waals surface area contributed by atoms with E-state index < -0.39 is 72.1 Å². The molecule has 0 bridgehead atoms. The zero-order valence-electron chi connectivity index (χ0n) is 30.0. The molecule has 4 aromatic rings. The summed E-state index contributed by atoms with van der Waals surface area (Å²) in [7, 11) is 0. The van der Waals surface area contributed by atoms with E-state index in [-0.39, 0.29) is 38.0 Å². The summed E-state index contributed by atoms with van der Waals surface area (Å²) < 4.78 is 0. The summed E-state index contributed by atoms with van der Waals surface area (Å²) >= 11 is 0. The number of aliphatic carboxylic acids is 1. The minimum absolute atomic E-state index is 0.00906. The summed E-state index contributed by atoms with van der Waals surface area (Å²) in [6, 6.07) is 25.1. The van der Waals surface area contributed by atoms with Gasteiger partial charge < -0.3 is 42.5 Å². The number of nitrogens with two attached hydrogens (primary N) is 2. The predicted molar refractivity (Wildman–Crippen MR) is 202 cm³/mol. The maximum absolute atomic E-state index is 14.3. The maximum atomic E-state index is 14.3. The lowest BCUT2D eigenvalue weighted by atomic mass is 9.92. The van der Waals surface area contributed by atoms with Crippen LogP contribution >= 0.6 is 0 Å². The Morgan fingerprint density at radius 3 is 1.69 bits per heavy atom. The number of hydrogen-bond donors (Lipinski definition) is 7. The van der Waals surface area contributed by atoms with Gasteiger partial charge in [0, 0.05) is 25.8 Å². The molecule has 55 heavy (non-hydrogen) atoms. The predicted octanol–water partition coefficient (Wildman–Crippen LogP) is 1.12. The molecule has 0 saturated carbocycles. The van der Waals surface area contributed by atoms with Crippen LogP contribution in [0, 0.1) is 0 Å². The number of amides is 5. The standard InChI is InChI=1S/C41H44N6O8/c42-31(19-27-15-17-30(48)18-16-27)40(53)47-24-29-14-8-7-13-28(29)22-35(47)39(52)45-33(21-26-11-5-2-6-12-26)37(50)44-32(20-25-9-3-1-4-10-25)38(51)46-34(41(54)55)23-36(43)49/h1-18,31-35,48H,19-24,42H2,(H2,43,49)(H,44,50)(H,45,52)(H,46,51)(H,54,55)/t31?,32?,33?,34-,35?/m1/s1. The molecule has 0 aliphatic carbocycles. The summed E-state index contributed by atoms with van der Waals surface area (Å²) in [5.41, 5.74) is 15.4. The first-order chi connectivity index (χ1) is 26.4. The lowest BCUT2D eigenvalue weighted by Crippen LogP contribution is -2.61. The molecular weight excluding hydrogens is 704 g/mol. The second-order valence-electron chi connectivity index (χ2n) is 13.5. The number of nitrogens with one attached hydrogen (secondary N) is 3. The Bertz CT molecular complexity index is 1990. The lowest BCUT2D eigenvalue weighted by molar-refractivity contribution is -0.144. The maximum Gasteiger partial charge on any atom is 0.326 e. The van der Waals surface area contributed by atoms with E-state index >= 15 is 0 Å². The molecule has 9 N–H and O–H groups in total. The number of aromatic hydroxyl groups is 1. The van der Waals surface area contributed by atoms with Crippen LogP contribution in [0.1, 0.15) is 34.2 Å². The molecule has 1 aliphatic rings. The van der Waals surface area contributed by atoms with Crippen molar-refractivity contribution in [3.63, 3.8) is 0 Å². The zero-order chi connectivity index (χ0) is 39.5. The quantitative estimate of drug-likeness (QED) is 0.0869. The molecule has 0 spiro atoms. The van der Waals surface area contributed by atoms with Crippen LogP contribution in [0.25, 0.3) is 0 Å². The third kappa shape index (κ3) is 11.0. The molecule has 0 radical (unpaired) electrons. The Hall–Kier alpha value is -6.54. The molecule has 5 atom stereocenters. The summed E-state index contributed by atoms with van der Waals surface area (Å²) in [5.74, 6) is -5.07. The number of phenols is 1. The number of nitrogens with zero attached hydrogens (tertiary/aromatic N) is 1. The van der Waals surface area contributed by atoms with Gasteiger partial charge in [0.15, 0.2) is 0 Å². The summed E-state index contributed by atoms with van der Waals surface area (Å²) in [4.78, 5) is 80.9. The van der Waals surface area contributed by atoms with Crippen molar-refractivity contribution < 1.29 is 39.0 Å². The Morgan fingerprint density at radius 2 is 1.15 bits per heavy atom. The van der Waals surface area contributed by atoms with Crippen LogP contribution in [0.4, 0.5) is 0 Å². The number of carboxylic acid groups (broad SMARTS) is 1. The van der Waals surface area contributed by atoms with E-state index in [9.17, 15) is 39.0 Å². The van der Waals surface area contributed by atoms with Gasteiger partial charge in [0.2, 0.25) is 29.5 Å². The molecule has 0 aromatic heterocycles. The van der Waals surface area contributed by atoms with Crippen LogP contribution in [-0.4, -0.2) is 80.8 Å². The highest BCUT2D eigenvalue weighted by Gasteiger charge is 2.38. The number of phenolic OH excluding ortho intramolecular Hbond substituents is 1. The van der Waals surface area contributed by atoms with Crippen LogP contribution in [0.15, 0.2) is 109 Å². The van der Waals surface area contributed by atoms with Crippen LogP contribution < -0.4 is 27.4 Å². The lowest BCUT2D eigenvalue weighted by Gasteiger charge is -2.38. The van der Waals surface area contributed by atoms with E-state index in [0.717, 1.165) is 16.7 Å². The van der Waals surface area contributed by atoms with Gasteiger partial charge in [-0.05, 0) is 46.4 Å². The highest BCUT2D eigenvalue weighted by molar-refractivity contribution is 5.96. The molecule has 1 aliphatic heterocycles. The fraction of sp³-hybridized carbons (Fsp3) is 0.268. The molecule has 14 nitrogen and oxygen atoms in total. The average Bonchev–Trinajstić information content (AvgIpc) is 3.17. The molecule has 286 valence electrons. The van der Waals surface area contributed by atoms with Gasteiger partial charge in [-0.1, -0.05) is 97.1 Å². The fourth-order valence-corrected chi connectivity index (χ4v) is 6.51. The van der Waals surface area contributed by atoms with Crippen molar-refractivity contribution in [1.29, 1.82) is 0 Å². The molecule has 0 saturated heterocycles. The van der Waals surface area contributed by atoms with E-state index in [1.807, 2.05) is 24.3 Å². The van der Waals surface area contributed by atoms with Gasteiger partial charge in [0.05, 0.1) is 12.5 Å². The molecule has 0 fully saturated rings. The first-order valence-corrected chi connectivity index (χ1v) is 17.8. The SMILES string of the molecule is NC(=O)C[C@@H](NC(=O)C(Cc1ccccc1)NC(=O)C(Cc1ccccc1)NC(=O)C1Cc2ccccc2CN1C(=O)C(N)Cc1ccc(O)cc1)C(=O)O. The third-order valence-corrected chi connectivity index (χ3v) is 9.39.